The number of nitrogens with one attached hydrogen (secondary N) is 1. The van der Waals surface area contributed by atoms with E-state index in [2.05, 4.69) is 20.2 Å². The molecule has 0 aromatic carbocycles. The van der Waals surface area contributed by atoms with Gasteiger partial charge in [-0.2, -0.15) is 10.2 Å². The van der Waals surface area contributed by atoms with Gasteiger partial charge >= 0.3 is 0 Å². The van der Waals surface area contributed by atoms with Crippen molar-refractivity contribution in [2.24, 2.45) is 5.92 Å². The van der Waals surface area contributed by atoms with Gasteiger partial charge in [0.15, 0.2) is 0 Å². The van der Waals surface area contributed by atoms with Crippen molar-refractivity contribution in [1.29, 1.82) is 5.26 Å². The molecule has 1 aromatic rings. The molecule has 7 nitrogen and oxygen atoms in total. The van der Waals surface area contributed by atoms with E-state index in [1.807, 2.05) is 6.07 Å². The van der Waals surface area contributed by atoms with Crippen LogP contribution in [0.1, 0.15) is 24.8 Å². The van der Waals surface area contributed by atoms with E-state index in [0.29, 0.717) is 17.4 Å². The van der Waals surface area contributed by atoms with Crippen LogP contribution < -0.4 is 11.1 Å². The average Bonchev–Trinajstić information content (AvgIpc) is 2.52. The van der Waals surface area contributed by atoms with Crippen LogP contribution in [-0.2, 0) is 0 Å². The van der Waals surface area contributed by atoms with Crippen LogP contribution in [0.3, 0.4) is 0 Å². The number of likely N-dealkylation sites (tertiary alicyclic amines) is 1. The molecule has 0 aliphatic carbocycles. The van der Waals surface area contributed by atoms with Gasteiger partial charge in [0, 0.05) is 19.7 Å². The highest BCUT2D eigenvalue weighted by molar-refractivity contribution is 5.49. The average molecular weight is 290 g/mol. The predicted octanol–water partition coefficient (Wildman–Crippen LogP) is 0.437. The minimum atomic E-state index is 0.205. The number of aliphatic hydroxyl groups is 1. The summed E-state index contributed by atoms with van der Waals surface area (Å²) in [7, 11) is 0. The van der Waals surface area contributed by atoms with Gasteiger partial charge in [-0.15, -0.1) is 0 Å². The molecule has 114 valence electrons. The maximum absolute atomic E-state index is 9.21. The van der Waals surface area contributed by atoms with E-state index >= 15 is 0 Å². The molecule has 0 spiro atoms. The topological polar surface area (TPSA) is 111 Å². The lowest BCUT2D eigenvalue weighted by atomic mass is 9.99. The summed E-state index contributed by atoms with van der Waals surface area (Å²) in [6.45, 7) is 4.13. The molecule has 4 N–H and O–H groups in total. The first kappa shape index (κ1) is 15.5. The summed E-state index contributed by atoms with van der Waals surface area (Å²) >= 11 is 0. The van der Waals surface area contributed by atoms with E-state index in [9.17, 15) is 5.11 Å². The van der Waals surface area contributed by atoms with E-state index in [-0.39, 0.29) is 12.4 Å². The molecule has 2 rings (SSSR count). The molecule has 1 aromatic heterocycles. The van der Waals surface area contributed by atoms with Crippen LogP contribution in [0, 0.1) is 17.2 Å². The van der Waals surface area contributed by atoms with Gasteiger partial charge in [0.05, 0.1) is 6.20 Å². The number of aromatic nitrogens is 2. The number of hydrogen-bond donors (Lipinski definition) is 3. The molecule has 1 fully saturated rings. The smallest absolute Gasteiger partial charge is 0.224 e. The molecular weight excluding hydrogens is 268 g/mol. The first-order valence-corrected chi connectivity index (χ1v) is 7.32. The normalized spacial score (nSPS) is 19.1. The highest BCUT2D eigenvalue weighted by Gasteiger charge is 2.18. The van der Waals surface area contributed by atoms with Crippen molar-refractivity contribution in [1.82, 2.24) is 14.9 Å². The highest BCUT2D eigenvalue weighted by Crippen LogP contribution is 2.15. The van der Waals surface area contributed by atoms with Crippen LogP contribution in [0.25, 0.3) is 0 Å². The first-order chi connectivity index (χ1) is 10.2. The molecular formula is C14H22N6O. The van der Waals surface area contributed by atoms with Gasteiger partial charge in [-0.25, -0.2) is 4.98 Å². The summed E-state index contributed by atoms with van der Waals surface area (Å²) < 4.78 is 0. The number of piperidine rings is 1. The minimum Gasteiger partial charge on any atom is -0.396 e. The fraction of sp³-hybridized carbons (Fsp3) is 0.643. The molecule has 7 heteroatoms. The van der Waals surface area contributed by atoms with Crippen LogP contribution in [0.2, 0.25) is 0 Å². The lowest BCUT2D eigenvalue weighted by molar-refractivity contribution is 0.120. The highest BCUT2D eigenvalue weighted by atomic mass is 16.3. The molecule has 1 atom stereocenters. The number of nitrogens with zero attached hydrogens (tertiary/aromatic N) is 4. The third-order valence-electron chi connectivity index (χ3n) is 3.73. The monoisotopic (exact) mass is 290 g/mol. The van der Waals surface area contributed by atoms with Gasteiger partial charge in [-0.1, -0.05) is 0 Å². The Kier molecular flexibility index (Phi) is 5.72. The molecule has 2 heterocycles. The number of aliphatic hydroxyl groups excluding tert-OH is 1. The van der Waals surface area contributed by atoms with Gasteiger partial charge in [0.2, 0.25) is 5.95 Å². The van der Waals surface area contributed by atoms with Crippen molar-refractivity contribution in [2.45, 2.75) is 19.3 Å². The van der Waals surface area contributed by atoms with Gasteiger partial charge in [0.25, 0.3) is 0 Å². The fourth-order valence-electron chi connectivity index (χ4n) is 2.57. The third-order valence-corrected chi connectivity index (χ3v) is 3.73. The van der Waals surface area contributed by atoms with Crippen molar-refractivity contribution in [3.63, 3.8) is 0 Å². The van der Waals surface area contributed by atoms with Crippen molar-refractivity contribution in [3.05, 3.63) is 11.8 Å². The first-order valence-electron chi connectivity index (χ1n) is 7.32. The molecule has 0 bridgehead atoms. The van der Waals surface area contributed by atoms with Gasteiger partial charge in [-0.05, 0) is 38.3 Å². The Labute approximate surface area is 124 Å². The van der Waals surface area contributed by atoms with Gasteiger partial charge < -0.3 is 21.1 Å². The van der Waals surface area contributed by atoms with E-state index in [1.54, 1.807) is 0 Å². The van der Waals surface area contributed by atoms with Gasteiger partial charge in [0.1, 0.15) is 17.5 Å². The number of nitriles is 1. The summed E-state index contributed by atoms with van der Waals surface area (Å²) in [6, 6.07) is 1.94. The van der Waals surface area contributed by atoms with Crippen molar-refractivity contribution in [3.8, 4) is 6.07 Å². The fourth-order valence-corrected chi connectivity index (χ4v) is 2.57. The molecule has 1 saturated heterocycles. The minimum absolute atomic E-state index is 0.205. The molecule has 0 saturated carbocycles. The lowest BCUT2D eigenvalue weighted by Crippen LogP contribution is -2.37. The number of anilines is 2. The predicted molar refractivity (Wildman–Crippen MR) is 80.5 cm³/mol. The zero-order valence-electron chi connectivity index (χ0n) is 12.1. The van der Waals surface area contributed by atoms with Crippen molar-refractivity contribution < 1.29 is 5.11 Å². The molecule has 0 amide bonds. The van der Waals surface area contributed by atoms with E-state index in [1.165, 1.54) is 6.20 Å². The van der Waals surface area contributed by atoms with Crippen LogP contribution in [0.4, 0.5) is 11.8 Å². The van der Waals surface area contributed by atoms with Crippen LogP contribution in [0.15, 0.2) is 6.20 Å². The molecule has 0 radical (unpaired) electrons. The second kappa shape index (κ2) is 7.76. The van der Waals surface area contributed by atoms with Crippen LogP contribution >= 0.6 is 0 Å². The standard InChI is InChI=1S/C14H22N6O/c15-7-12-8-18-14(19-13(12)16)17-4-2-6-20-5-1-3-11(9-20)10-21/h8,11,21H,1-6,9-10H2,(H3,16,17,18,19)/t11-/m1/s1. The molecule has 21 heavy (non-hydrogen) atoms. The summed E-state index contributed by atoms with van der Waals surface area (Å²) in [6.07, 6.45) is 4.69. The number of nitrogens with two attached hydrogens (primary N) is 1. The molecule has 0 unspecified atom stereocenters. The Hall–Kier alpha value is -1.91. The molecule has 1 aliphatic heterocycles. The number of hydrogen-bond acceptors (Lipinski definition) is 7. The molecule has 1 aliphatic rings. The van der Waals surface area contributed by atoms with E-state index in [4.69, 9.17) is 11.0 Å². The summed E-state index contributed by atoms with van der Waals surface area (Å²) in [5, 5.41) is 21.1. The maximum Gasteiger partial charge on any atom is 0.224 e. The summed E-state index contributed by atoms with van der Waals surface area (Å²) in [5.41, 5.74) is 5.93. The lowest BCUT2D eigenvalue weighted by Gasteiger charge is -2.31. The second-order valence-corrected chi connectivity index (χ2v) is 5.38. The summed E-state index contributed by atoms with van der Waals surface area (Å²) in [5.74, 6) is 1.09. The van der Waals surface area contributed by atoms with E-state index in [0.717, 1.165) is 45.4 Å². The summed E-state index contributed by atoms with van der Waals surface area (Å²) in [4.78, 5) is 10.5. The van der Waals surface area contributed by atoms with Crippen LogP contribution in [-0.4, -0.2) is 52.8 Å². The SMILES string of the molecule is N#Cc1cnc(NCCCN2CCC[C@@H](CO)C2)nc1N. The Morgan fingerprint density at radius 1 is 1.57 bits per heavy atom. The zero-order chi connectivity index (χ0) is 15.1. The van der Waals surface area contributed by atoms with Crippen molar-refractivity contribution >= 4 is 11.8 Å². The second-order valence-electron chi connectivity index (χ2n) is 5.38. The maximum atomic E-state index is 9.21. The number of nitrogen functional groups attached to an aromatic ring is 1. The van der Waals surface area contributed by atoms with E-state index < -0.39 is 0 Å². The quantitative estimate of drug-likeness (QED) is 0.652. The Morgan fingerprint density at radius 2 is 2.43 bits per heavy atom. The van der Waals surface area contributed by atoms with Crippen LogP contribution in [0.5, 0.6) is 0 Å². The zero-order valence-corrected chi connectivity index (χ0v) is 12.1. The third kappa shape index (κ3) is 4.55. The number of rotatable bonds is 6. The Balaban J connectivity index is 1.70. The Morgan fingerprint density at radius 3 is 3.14 bits per heavy atom. The van der Waals surface area contributed by atoms with Crippen molar-refractivity contribution in [2.75, 3.05) is 43.8 Å². The van der Waals surface area contributed by atoms with Gasteiger partial charge in [-0.3, -0.25) is 0 Å². The largest absolute Gasteiger partial charge is 0.396 e. The Bertz CT molecular complexity index is 501.